The average Bonchev–Trinajstić information content (AvgIpc) is 3.04. The lowest BCUT2D eigenvalue weighted by Crippen LogP contribution is -2.37. The van der Waals surface area contributed by atoms with E-state index in [9.17, 15) is 13.2 Å². The highest BCUT2D eigenvalue weighted by atomic mass is 127. The summed E-state index contributed by atoms with van der Waals surface area (Å²) in [5, 5.41) is 10.4. The number of hydrogen-bond acceptors (Lipinski definition) is 3. The molecule has 1 aromatic heterocycles. The summed E-state index contributed by atoms with van der Waals surface area (Å²) >= 11 is 1.64. The molecule has 0 amide bonds. The Morgan fingerprint density at radius 3 is 2.40 bits per heavy atom. The minimum Gasteiger partial charge on any atom is -0.406 e. The maximum atomic E-state index is 12.1. The van der Waals surface area contributed by atoms with Crippen LogP contribution in [0.25, 0.3) is 0 Å². The number of halogens is 4. The summed E-state index contributed by atoms with van der Waals surface area (Å²) in [7, 11) is 1.69. The Kier molecular flexibility index (Phi) is 9.04. The number of nitrogens with zero attached hydrogens (tertiary/aromatic N) is 1. The standard InChI is InChI=1S/C16H18F3N3OS.HI/c1-20-15(22-10-13-7-9-24-11-13)21-8-6-12-2-4-14(5-3-12)23-16(17,18)19;/h2-5,7,9,11H,6,8,10H2,1H3,(H2,20,21,22);1H. The third-order valence-electron chi connectivity index (χ3n) is 3.13. The van der Waals surface area contributed by atoms with Gasteiger partial charge in [0.05, 0.1) is 0 Å². The molecule has 0 saturated heterocycles. The van der Waals surface area contributed by atoms with E-state index >= 15 is 0 Å². The van der Waals surface area contributed by atoms with Gasteiger partial charge in [0.25, 0.3) is 0 Å². The van der Waals surface area contributed by atoms with Gasteiger partial charge < -0.3 is 15.4 Å². The molecule has 0 unspecified atom stereocenters. The van der Waals surface area contributed by atoms with Gasteiger partial charge in [-0.05, 0) is 46.5 Å². The fourth-order valence-corrected chi connectivity index (χ4v) is 2.65. The van der Waals surface area contributed by atoms with Crippen LogP contribution in [0.1, 0.15) is 11.1 Å². The van der Waals surface area contributed by atoms with Crippen LogP contribution in [0.5, 0.6) is 5.75 Å². The molecule has 0 aliphatic carbocycles. The SMILES string of the molecule is CN=C(NCCc1ccc(OC(F)(F)F)cc1)NCc1ccsc1.I. The molecule has 0 radical (unpaired) electrons. The summed E-state index contributed by atoms with van der Waals surface area (Å²) in [5.74, 6) is 0.464. The van der Waals surface area contributed by atoms with E-state index in [-0.39, 0.29) is 29.7 Å². The van der Waals surface area contributed by atoms with Gasteiger partial charge in [0.15, 0.2) is 5.96 Å². The van der Waals surface area contributed by atoms with E-state index in [1.807, 2.05) is 11.4 Å². The number of guanidine groups is 1. The third-order valence-corrected chi connectivity index (χ3v) is 3.86. The summed E-state index contributed by atoms with van der Waals surface area (Å²) in [4.78, 5) is 4.13. The van der Waals surface area contributed by atoms with E-state index in [1.54, 1.807) is 30.5 Å². The topological polar surface area (TPSA) is 45.7 Å². The smallest absolute Gasteiger partial charge is 0.406 e. The molecule has 0 saturated carbocycles. The van der Waals surface area contributed by atoms with Crippen LogP contribution in [0, 0.1) is 0 Å². The highest BCUT2D eigenvalue weighted by molar-refractivity contribution is 14.0. The largest absolute Gasteiger partial charge is 0.573 e. The van der Waals surface area contributed by atoms with Crippen molar-refractivity contribution in [2.75, 3.05) is 13.6 Å². The van der Waals surface area contributed by atoms with E-state index in [2.05, 4.69) is 25.7 Å². The van der Waals surface area contributed by atoms with Gasteiger partial charge in [-0.3, -0.25) is 4.99 Å². The molecule has 25 heavy (non-hydrogen) atoms. The first-order valence-electron chi connectivity index (χ1n) is 7.26. The average molecular weight is 485 g/mol. The molecule has 4 nitrogen and oxygen atoms in total. The summed E-state index contributed by atoms with van der Waals surface area (Å²) in [6.45, 7) is 1.30. The zero-order valence-corrected chi connectivity index (χ0v) is 16.6. The van der Waals surface area contributed by atoms with Crippen LogP contribution in [0.2, 0.25) is 0 Å². The Morgan fingerprint density at radius 1 is 1.12 bits per heavy atom. The second-order valence-electron chi connectivity index (χ2n) is 4.93. The highest BCUT2D eigenvalue weighted by Gasteiger charge is 2.30. The first-order chi connectivity index (χ1) is 11.5. The molecular weight excluding hydrogens is 466 g/mol. The van der Waals surface area contributed by atoms with Crippen LogP contribution in [0.4, 0.5) is 13.2 Å². The van der Waals surface area contributed by atoms with Gasteiger partial charge in [-0.25, -0.2) is 0 Å². The molecule has 2 N–H and O–H groups in total. The van der Waals surface area contributed by atoms with Crippen molar-refractivity contribution in [3.8, 4) is 5.75 Å². The Balaban J connectivity index is 0.00000312. The highest BCUT2D eigenvalue weighted by Crippen LogP contribution is 2.22. The maximum Gasteiger partial charge on any atom is 0.573 e. The Bertz CT molecular complexity index is 646. The van der Waals surface area contributed by atoms with Crippen LogP contribution >= 0.6 is 35.3 Å². The third kappa shape index (κ3) is 8.43. The van der Waals surface area contributed by atoms with Crippen LogP contribution < -0.4 is 15.4 Å². The summed E-state index contributed by atoms with van der Waals surface area (Å²) in [6, 6.07) is 7.89. The number of ether oxygens (including phenoxy) is 1. The van der Waals surface area contributed by atoms with Crippen molar-refractivity contribution >= 4 is 41.3 Å². The fraction of sp³-hybridized carbons (Fsp3) is 0.312. The van der Waals surface area contributed by atoms with Crippen LogP contribution in [-0.2, 0) is 13.0 Å². The van der Waals surface area contributed by atoms with Gasteiger partial charge in [-0.2, -0.15) is 11.3 Å². The second-order valence-corrected chi connectivity index (χ2v) is 5.71. The number of benzene rings is 1. The van der Waals surface area contributed by atoms with Crippen molar-refractivity contribution in [3.63, 3.8) is 0 Å². The summed E-state index contributed by atoms with van der Waals surface area (Å²) < 4.78 is 40.1. The molecular formula is C16H19F3IN3OS. The lowest BCUT2D eigenvalue weighted by molar-refractivity contribution is -0.274. The number of thiophene rings is 1. The molecule has 0 fully saturated rings. The number of nitrogens with one attached hydrogen (secondary N) is 2. The lowest BCUT2D eigenvalue weighted by Gasteiger charge is -2.12. The van der Waals surface area contributed by atoms with Crippen molar-refractivity contribution in [1.82, 2.24) is 10.6 Å². The van der Waals surface area contributed by atoms with Gasteiger partial charge in [0.2, 0.25) is 0 Å². The Hall–Kier alpha value is -1.49. The number of aliphatic imine (C=N–C) groups is 1. The molecule has 0 spiro atoms. The normalized spacial score (nSPS) is 11.6. The van der Waals surface area contributed by atoms with Crippen LogP contribution in [0.15, 0.2) is 46.1 Å². The predicted octanol–water partition coefficient (Wildman–Crippen LogP) is 4.17. The molecule has 1 aromatic carbocycles. The monoisotopic (exact) mass is 485 g/mol. The molecule has 9 heteroatoms. The number of alkyl halides is 3. The van der Waals surface area contributed by atoms with Crippen molar-refractivity contribution < 1.29 is 17.9 Å². The second kappa shape index (κ2) is 10.5. The molecule has 0 atom stereocenters. The molecule has 138 valence electrons. The van der Waals surface area contributed by atoms with Crippen LogP contribution in [-0.4, -0.2) is 25.9 Å². The van der Waals surface area contributed by atoms with Gasteiger partial charge >= 0.3 is 6.36 Å². The predicted molar refractivity (Wildman–Crippen MR) is 105 cm³/mol. The Labute approximate surface area is 165 Å². The lowest BCUT2D eigenvalue weighted by atomic mass is 10.1. The zero-order valence-electron chi connectivity index (χ0n) is 13.5. The van der Waals surface area contributed by atoms with Crippen LogP contribution in [0.3, 0.4) is 0 Å². The molecule has 2 rings (SSSR count). The van der Waals surface area contributed by atoms with Crippen molar-refractivity contribution in [1.29, 1.82) is 0 Å². The quantitative estimate of drug-likeness (QED) is 0.367. The van der Waals surface area contributed by atoms with Crippen molar-refractivity contribution in [2.45, 2.75) is 19.3 Å². The van der Waals surface area contributed by atoms with Gasteiger partial charge in [-0.1, -0.05) is 12.1 Å². The Morgan fingerprint density at radius 2 is 1.84 bits per heavy atom. The fourth-order valence-electron chi connectivity index (χ4n) is 1.98. The van der Waals surface area contributed by atoms with E-state index < -0.39 is 6.36 Å². The molecule has 0 aliphatic heterocycles. The zero-order chi connectivity index (χ0) is 17.4. The minimum atomic E-state index is -4.66. The van der Waals surface area contributed by atoms with E-state index in [0.717, 1.165) is 5.56 Å². The molecule has 0 aliphatic rings. The minimum absolute atomic E-state index is 0. The first-order valence-corrected chi connectivity index (χ1v) is 8.21. The first kappa shape index (κ1) is 21.6. The molecule has 1 heterocycles. The summed E-state index contributed by atoms with van der Waals surface area (Å²) in [5.41, 5.74) is 2.09. The maximum absolute atomic E-state index is 12.1. The van der Waals surface area contributed by atoms with E-state index in [0.29, 0.717) is 25.5 Å². The van der Waals surface area contributed by atoms with Crippen molar-refractivity contribution in [2.24, 2.45) is 4.99 Å². The van der Waals surface area contributed by atoms with Gasteiger partial charge in [-0.15, -0.1) is 37.1 Å². The van der Waals surface area contributed by atoms with Gasteiger partial charge in [0.1, 0.15) is 5.75 Å². The number of rotatable bonds is 6. The van der Waals surface area contributed by atoms with Crippen molar-refractivity contribution in [3.05, 3.63) is 52.2 Å². The van der Waals surface area contributed by atoms with Gasteiger partial charge in [0, 0.05) is 20.1 Å². The van der Waals surface area contributed by atoms with E-state index in [4.69, 9.17) is 0 Å². The molecule has 0 bridgehead atoms. The summed E-state index contributed by atoms with van der Waals surface area (Å²) in [6.07, 6.45) is -4.00. The molecule has 2 aromatic rings. The number of hydrogen-bond donors (Lipinski definition) is 2. The van der Waals surface area contributed by atoms with E-state index in [1.165, 1.54) is 17.7 Å².